The Bertz CT molecular complexity index is 1290. The maximum atomic E-state index is 14.0. The van der Waals surface area contributed by atoms with Crippen LogP contribution in [0.5, 0.6) is 0 Å². The molecule has 2 aromatic carbocycles. The van der Waals surface area contributed by atoms with Gasteiger partial charge in [0, 0.05) is 37.5 Å². The van der Waals surface area contributed by atoms with Gasteiger partial charge in [-0.2, -0.15) is 0 Å². The van der Waals surface area contributed by atoms with E-state index in [2.05, 4.69) is 16.0 Å². The Hall–Kier alpha value is -3.60. The first-order valence-electron chi connectivity index (χ1n) is 17.4. The highest BCUT2D eigenvalue weighted by Crippen LogP contribution is 2.28. The molecule has 10 heteroatoms. The van der Waals surface area contributed by atoms with Crippen LogP contribution in [0.2, 0.25) is 0 Å². The van der Waals surface area contributed by atoms with Gasteiger partial charge in [-0.25, -0.2) is 0 Å². The zero-order chi connectivity index (χ0) is 33.8. The Labute approximate surface area is 279 Å². The quantitative estimate of drug-likeness (QED) is 0.156. The number of benzene rings is 2. The van der Waals surface area contributed by atoms with Crippen LogP contribution in [0.15, 0.2) is 60.7 Å². The number of unbranched alkanes of at least 4 members (excludes halogenated alkanes) is 1. The third kappa shape index (κ3) is 10.7. The zero-order valence-electron chi connectivity index (χ0n) is 28.0. The number of carbonyl (C=O) groups excluding carboxylic acids is 4. The summed E-state index contributed by atoms with van der Waals surface area (Å²) in [4.78, 5) is 57.1. The molecule has 6 atom stereocenters. The largest absolute Gasteiger partial charge is 0.345 e. The Morgan fingerprint density at radius 2 is 1.40 bits per heavy atom. The molecular formula is C37H54N6O4. The predicted octanol–water partition coefficient (Wildman–Crippen LogP) is 2.48. The average molecular weight is 647 g/mol. The van der Waals surface area contributed by atoms with Crippen LogP contribution in [-0.2, 0) is 32.0 Å². The summed E-state index contributed by atoms with van der Waals surface area (Å²) >= 11 is 0. The molecular weight excluding hydrogens is 592 g/mol. The van der Waals surface area contributed by atoms with Gasteiger partial charge in [0.15, 0.2) is 5.78 Å². The summed E-state index contributed by atoms with van der Waals surface area (Å²) in [7, 11) is 0. The SMILES string of the molecule is CC(C)CC(CC(=O)C(Cc1ccccc1)NC(=O)C(N)Cc1ccccc1)C(=O)NC(CCCCN)C(=O)N1C2CCC1CNC2. The van der Waals surface area contributed by atoms with Crippen LogP contribution in [0.4, 0.5) is 0 Å². The van der Waals surface area contributed by atoms with Gasteiger partial charge in [0.2, 0.25) is 17.7 Å². The summed E-state index contributed by atoms with van der Waals surface area (Å²) in [5, 5.41) is 9.40. The molecule has 2 heterocycles. The Balaban J connectivity index is 1.49. The van der Waals surface area contributed by atoms with Crippen molar-refractivity contribution in [3.63, 3.8) is 0 Å². The van der Waals surface area contributed by atoms with Crippen LogP contribution in [0.3, 0.4) is 0 Å². The minimum absolute atomic E-state index is 0.0411. The summed E-state index contributed by atoms with van der Waals surface area (Å²) in [5.41, 5.74) is 13.9. The van der Waals surface area contributed by atoms with E-state index in [1.54, 1.807) is 0 Å². The molecule has 0 aliphatic carbocycles. The lowest BCUT2D eigenvalue weighted by molar-refractivity contribution is -0.141. The lowest BCUT2D eigenvalue weighted by atomic mass is 9.88. The molecule has 2 fully saturated rings. The van der Waals surface area contributed by atoms with Gasteiger partial charge in [-0.1, -0.05) is 74.5 Å². The number of hydrogen-bond donors (Lipinski definition) is 5. The van der Waals surface area contributed by atoms with E-state index in [0.29, 0.717) is 25.8 Å². The lowest BCUT2D eigenvalue weighted by Crippen LogP contribution is -2.59. The van der Waals surface area contributed by atoms with Crippen molar-refractivity contribution in [2.75, 3.05) is 19.6 Å². The first-order valence-corrected chi connectivity index (χ1v) is 17.4. The van der Waals surface area contributed by atoms with E-state index < -0.39 is 30.0 Å². The topological polar surface area (TPSA) is 160 Å². The van der Waals surface area contributed by atoms with Gasteiger partial charge in [0.05, 0.1) is 12.1 Å². The molecule has 2 aliphatic rings. The number of rotatable bonds is 18. The summed E-state index contributed by atoms with van der Waals surface area (Å²) in [6, 6.07) is 16.9. The Morgan fingerprint density at radius 1 is 0.830 bits per heavy atom. The number of fused-ring (bicyclic) bond motifs is 2. The van der Waals surface area contributed by atoms with Crippen LogP contribution in [0, 0.1) is 11.8 Å². The molecule has 2 aromatic rings. The van der Waals surface area contributed by atoms with E-state index in [-0.39, 0.29) is 48.4 Å². The number of Topliss-reactive ketones (excluding diaryl/α,β-unsaturated/α-hetero) is 1. The van der Waals surface area contributed by atoms with Crippen LogP contribution in [0.1, 0.15) is 69.9 Å². The molecule has 3 amide bonds. The van der Waals surface area contributed by atoms with E-state index >= 15 is 0 Å². The minimum atomic E-state index is -0.854. The highest BCUT2D eigenvalue weighted by Gasteiger charge is 2.42. The van der Waals surface area contributed by atoms with Gasteiger partial charge in [-0.3, -0.25) is 19.2 Å². The van der Waals surface area contributed by atoms with Crippen LogP contribution < -0.4 is 27.4 Å². The van der Waals surface area contributed by atoms with Crippen LogP contribution in [0.25, 0.3) is 0 Å². The fourth-order valence-electron chi connectivity index (χ4n) is 6.93. The number of nitrogens with two attached hydrogens (primary N) is 2. The molecule has 2 saturated heterocycles. The van der Waals surface area contributed by atoms with Crippen molar-refractivity contribution < 1.29 is 19.2 Å². The van der Waals surface area contributed by atoms with E-state index in [9.17, 15) is 19.2 Å². The standard InChI is InChI=1S/C37H54N6O4/c1-25(2)19-28(35(45)41-32(15-9-10-18-38)37(47)43-29-16-17-30(43)24-40-23-29)22-34(44)33(21-27-13-7-4-8-14-27)42-36(46)31(39)20-26-11-5-3-6-12-26/h3-8,11-14,25,28-33,40H,9-10,15-24,38-39H2,1-2H3,(H,41,45)(H,42,46). The molecule has 0 spiro atoms. The molecule has 2 bridgehead atoms. The fraction of sp³-hybridized carbons (Fsp3) is 0.568. The predicted molar refractivity (Wildman–Crippen MR) is 184 cm³/mol. The Morgan fingerprint density at radius 3 is 1.98 bits per heavy atom. The summed E-state index contributed by atoms with van der Waals surface area (Å²) in [6.07, 6.45) is 4.93. The van der Waals surface area contributed by atoms with E-state index in [0.717, 1.165) is 49.9 Å². The highest BCUT2D eigenvalue weighted by molar-refractivity contribution is 5.95. The van der Waals surface area contributed by atoms with Crippen molar-refractivity contribution in [3.8, 4) is 0 Å². The molecule has 0 saturated carbocycles. The van der Waals surface area contributed by atoms with Gasteiger partial charge in [0.25, 0.3) is 0 Å². The van der Waals surface area contributed by atoms with Crippen molar-refractivity contribution in [3.05, 3.63) is 71.8 Å². The molecule has 2 aliphatic heterocycles. The monoisotopic (exact) mass is 646 g/mol. The summed E-state index contributed by atoms with van der Waals surface area (Å²) < 4.78 is 0. The maximum Gasteiger partial charge on any atom is 0.245 e. The average Bonchev–Trinajstić information content (AvgIpc) is 3.31. The molecule has 0 radical (unpaired) electrons. The first-order chi connectivity index (χ1) is 22.7. The van der Waals surface area contributed by atoms with Crippen molar-refractivity contribution >= 4 is 23.5 Å². The maximum absolute atomic E-state index is 14.0. The van der Waals surface area contributed by atoms with Crippen molar-refractivity contribution in [2.24, 2.45) is 23.3 Å². The molecule has 47 heavy (non-hydrogen) atoms. The van der Waals surface area contributed by atoms with Crippen LogP contribution >= 0.6 is 0 Å². The highest BCUT2D eigenvalue weighted by atomic mass is 16.2. The second-order valence-corrected chi connectivity index (χ2v) is 13.7. The van der Waals surface area contributed by atoms with Gasteiger partial charge in [0.1, 0.15) is 6.04 Å². The lowest BCUT2D eigenvalue weighted by Gasteiger charge is -2.38. The number of nitrogens with one attached hydrogen (secondary N) is 3. The molecule has 4 rings (SSSR count). The van der Waals surface area contributed by atoms with Crippen LogP contribution in [-0.4, -0.2) is 78.2 Å². The van der Waals surface area contributed by atoms with Gasteiger partial charge in [-0.15, -0.1) is 0 Å². The number of nitrogens with zero attached hydrogens (tertiary/aromatic N) is 1. The molecule has 0 aromatic heterocycles. The number of carbonyl (C=O) groups is 4. The van der Waals surface area contributed by atoms with E-state index in [1.165, 1.54) is 0 Å². The second-order valence-electron chi connectivity index (χ2n) is 13.7. The normalized spacial score (nSPS) is 19.9. The number of hydrogen-bond acceptors (Lipinski definition) is 7. The molecule has 6 unspecified atom stereocenters. The smallest absolute Gasteiger partial charge is 0.245 e. The molecule has 256 valence electrons. The van der Waals surface area contributed by atoms with Crippen molar-refractivity contribution in [1.29, 1.82) is 0 Å². The van der Waals surface area contributed by atoms with E-state index in [1.807, 2.05) is 79.4 Å². The summed E-state index contributed by atoms with van der Waals surface area (Å²) in [5.74, 6) is -1.51. The minimum Gasteiger partial charge on any atom is -0.345 e. The van der Waals surface area contributed by atoms with Crippen molar-refractivity contribution in [2.45, 2.75) is 102 Å². The third-order valence-corrected chi connectivity index (χ3v) is 9.39. The number of piperazine rings is 1. The summed E-state index contributed by atoms with van der Waals surface area (Å²) in [6.45, 7) is 6.07. The Kier molecular flexibility index (Phi) is 13.9. The molecule has 10 nitrogen and oxygen atoms in total. The fourth-order valence-corrected chi connectivity index (χ4v) is 6.93. The third-order valence-electron chi connectivity index (χ3n) is 9.39. The van der Waals surface area contributed by atoms with Crippen molar-refractivity contribution in [1.82, 2.24) is 20.9 Å². The first kappa shape index (κ1) is 36.2. The van der Waals surface area contributed by atoms with Gasteiger partial charge in [-0.05, 0) is 75.0 Å². The van der Waals surface area contributed by atoms with E-state index in [4.69, 9.17) is 11.5 Å². The number of amides is 3. The van der Waals surface area contributed by atoms with Gasteiger partial charge >= 0.3 is 0 Å². The van der Waals surface area contributed by atoms with Gasteiger partial charge < -0.3 is 32.3 Å². The molecule has 7 N–H and O–H groups in total. The second kappa shape index (κ2) is 18.1. The number of ketones is 1. The zero-order valence-corrected chi connectivity index (χ0v) is 28.0.